The third-order valence-electron chi connectivity index (χ3n) is 3.59. The van der Waals surface area contributed by atoms with Gasteiger partial charge in [0, 0.05) is 18.2 Å². The van der Waals surface area contributed by atoms with Gasteiger partial charge in [0.15, 0.2) is 0 Å². The summed E-state index contributed by atoms with van der Waals surface area (Å²) in [5, 5.41) is 12.5. The molecule has 0 aliphatic heterocycles. The number of para-hydroxylation sites is 1. The molecule has 1 aliphatic rings. The highest BCUT2D eigenvalue weighted by Crippen LogP contribution is 2.24. The van der Waals surface area contributed by atoms with E-state index in [-0.39, 0.29) is 17.9 Å². The summed E-state index contributed by atoms with van der Waals surface area (Å²) in [4.78, 5) is 11.8. The van der Waals surface area contributed by atoms with E-state index in [0.717, 1.165) is 24.8 Å². The number of aliphatic hydroxyl groups is 1. The Morgan fingerprint density at radius 3 is 2.83 bits per heavy atom. The molecular weight excluding hydrogens is 228 g/mol. The van der Waals surface area contributed by atoms with Crippen molar-refractivity contribution in [3.8, 4) is 0 Å². The standard InChI is InChI=1S/C14H20N2O2/c15-12-6-2-1-4-10(12)8-14(18)16-9-11-5-3-7-13(11)17/h1-2,4,6,11,13,17H,3,5,7-9,15H2,(H,16,18). The van der Waals surface area contributed by atoms with Crippen LogP contribution in [0.25, 0.3) is 0 Å². The minimum Gasteiger partial charge on any atom is -0.398 e. The van der Waals surface area contributed by atoms with Crippen molar-refractivity contribution in [3.63, 3.8) is 0 Å². The van der Waals surface area contributed by atoms with Gasteiger partial charge < -0.3 is 16.2 Å². The van der Waals surface area contributed by atoms with E-state index in [9.17, 15) is 9.90 Å². The number of carbonyl (C=O) groups is 1. The monoisotopic (exact) mass is 248 g/mol. The van der Waals surface area contributed by atoms with Crippen LogP contribution in [0.3, 0.4) is 0 Å². The van der Waals surface area contributed by atoms with Crippen LogP contribution >= 0.6 is 0 Å². The van der Waals surface area contributed by atoms with Gasteiger partial charge in [0.05, 0.1) is 12.5 Å². The molecule has 1 aliphatic carbocycles. The van der Waals surface area contributed by atoms with Gasteiger partial charge in [-0.05, 0) is 24.5 Å². The first-order valence-electron chi connectivity index (χ1n) is 6.45. The number of amides is 1. The van der Waals surface area contributed by atoms with Crippen LogP contribution in [0.2, 0.25) is 0 Å². The first-order chi connectivity index (χ1) is 8.66. The highest BCUT2D eigenvalue weighted by atomic mass is 16.3. The van der Waals surface area contributed by atoms with E-state index in [2.05, 4.69) is 5.32 Å². The largest absolute Gasteiger partial charge is 0.398 e. The topological polar surface area (TPSA) is 75.4 Å². The number of nitrogens with one attached hydrogen (secondary N) is 1. The lowest BCUT2D eigenvalue weighted by Crippen LogP contribution is -2.33. The van der Waals surface area contributed by atoms with Crippen LogP contribution < -0.4 is 11.1 Å². The summed E-state index contributed by atoms with van der Waals surface area (Å²) in [7, 11) is 0. The number of aliphatic hydroxyl groups excluding tert-OH is 1. The van der Waals surface area contributed by atoms with Gasteiger partial charge in [0.1, 0.15) is 0 Å². The van der Waals surface area contributed by atoms with Gasteiger partial charge in [0.2, 0.25) is 5.91 Å². The summed E-state index contributed by atoms with van der Waals surface area (Å²) in [6.07, 6.45) is 2.94. The molecule has 2 unspecified atom stereocenters. The second-order valence-electron chi connectivity index (χ2n) is 4.94. The summed E-state index contributed by atoms with van der Waals surface area (Å²) >= 11 is 0. The Balaban J connectivity index is 1.80. The van der Waals surface area contributed by atoms with Crippen LogP contribution in [0, 0.1) is 5.92 Å². The quantitative estimate of drug-likeness (QED) is 0.698. The van der Waals surface area contributed by atoms with Gasteiger partial charge in [-0.3, -0.25) is 4.79 Å². The second-order valence-corrected chi connectivity index (χ2v) is 4.94. The summed E-state index contributed by atoms with van der Waals surface area (Å²) < 4.78 is 0. The first-order valence-corrected chi connectivity index (χ1v) is 6.45. The lowest BCUT2D eigenvalue weighted by molar-refractivity contribution is -0.120. The number of hydrogen-bond donors (Lipinski definition) is 3. The molecule has 0 saturated heterocycles. The third kappa shape index (κ3) is 3.23. The fraction of sp³-hybridized carbons (Fsp3) is 0.500. The van der Waals surface area contributed by atoms with Crippen LogP contribution in [0.1, 0.15) is 24.8 Å². The van der Waals surface area contributed by atoms with E-state index in [4.69, 9.17) is 5.73 Å². The molecule has 1 aromatic rings. The maximum absolute atomic E-state index is 11.8. The van der Waals surface area contributed by atoms with E-state index in [1.807, 2.05) is 18.2 Å². The van der Waals surface area contributed by atoms with Crippen molar-refractivity contribution in [2.24, 2.45) is 5.92 Å². The van der Waals surface area contributed by atoms with E-state index in [1.165, 1.54) is 0 Å². The molecule has 1 fully saturated rings. The first kappa shape index (κ1) is 12.9. The lowest BCUT2D eigenvalue weighted by atomic mass is 10.1. The number of nitrogen functional groups attached to an aromatic ring is 1. The van der Waals surface area contributed by atoms with E-state index in [0.29, 0.717) is 18.7 Å². The predicted octanol–water partition coefficient (Wildman–Crippen LogP) is 1.09. The molecule has 0 spiro atoms. The Hall–Kier alpha value is -1.55. The molecule has 4 nitrogen and oxygen atoms in total. The molecule has 0 heterocycles. The van der Waals surface area contributed by atoms with Crippen molar-refractivity contribution in [3.05, 3.63) is 29.8 Å². The van der Waals surface area contributed by atoms with Crippen molar-refractivity contribution < 1.29 is 9.90 Å². The van der Waals surface area contributed by atoms with Crippen LogP contribution in [-0.2, 0) is 11.2 Å². The van der Waals surface area contributed by atoms with E-state index in [1.54, 1.807) is 6.07 Å². The van der Waals surface area contributed by atoms with E-state index < -0.39 is 0 Å². The average Bonchev–Trinajstić information content (AvgIpc) is 2.75. The minimum atomic E-state index is -0.257. The fourth-order valence-corrected chi connectivity index (χ4v) is 2.43. The Morgan fingerprint density at radius 1 is 1.39 bits per heavy atom. The Bertz CT molecular complexity index is 420. The normalized spacial score (nSPS) is 22.9. The van der Waals surface area contributed by atoms with Crippen LogP contribution in [0.4, 0.5) is 5.69 Å². The molecule has 0 radical (unpaired) electrons. The van der Waals surface area contributed by atoms with Gasteiger partial charge in [-0.25, -0.2) is 0 Å². The minimum absolute atomic E-state index is 0.0352. The molecule has 98 valence electrons. The lowest BCUT2D eigenvalue weighted by Gasteiger charge is -2.15. The van der Waals surface area contributed by atoms with Gasteiger partial charge in [0.25, 0.3) is 0 Å². The Kier molecular flexibility index (Phi) is 4.20. The number of hydrogen-bond acceptors (Lipinski definition) is 3. The SMILES string of the molecule is Nc1ccccc1CC(=O)NCC1CCCC1O. The molecule has 2 atom stereocenters. The maximum atomic E-state index is 11.8. The van der Waals surface area contributed by atoms with Gasteiger partial charge in [-0.15, -0.1) is 0 Å². The number of benzene rings is 1. The van der Waals surface area contributed by atoms with Crippen LogP contribution in [0.5, 0.6) is 0 Å². The highest BCUT2D eigenvalue weighted by molar-refractivity contribution is 5.80. The number of anilines is 1. The van der Waals surface area contributed by atoms with Crippen LogP contribution in [-0.4, -0.2) is 23.7 Å². The molecule has 1 aromatic carbocycles. The van der Waals surface area contributed by atoms with Crippen molar-refractivity contribution >= 4 is 11.6 Å². The maximum Gasteiger partial charge on any atom is 0.224 e. The third-order valence-corrected chi connectivity index (χ3v) is 3.59. The van der Waals surface area contributed by atoms with Gasteiger partial charge in [-0.2, -0.15) is 0 Å². The molecule has 0 aromatic heterocycles. The van der Waals surface area contributed by atoms with Crippen molar-refractivity contribution in [2.75, 3.05) is 12.3 Å². The molecule has 1 saturated carbocycles. The molecule has 4 N–H and O–H groups in total. The Labute approximate surface area is 107 Å². The summed E-state index contributed by atoms with van der Waals surface area (Å²) in [6.45, 7) is 0.562. The number of nitrogens with two attached hydrogens (primary N) is 1. The summed E-state index contributed by atoms with van der Waals surface area (Å²) in [6, 6.07) is 7.38. The number of carbonyl (C=O) groups excluding carboxylic acids is 1. The molecule has 4 heteroatoms. The zero-order valence-corrected chi connectivity index (χ0v) is 10.4. The predicted molar refractivity (Wildman–Crippen MR) is 70.9 cm³/mol. The average molecular weight is 248 g/mol. The zero-order valence-electron chi connectivity index (χ0n) is 10.4. The summed E-state index contributed by atoms with van der Waals surface area (Å²) in [5.74, 6) is 0.175. The molecule has 2 rings (SSSR count). The van der Waals surface area contributed by atoms with Crippen LogP contribution in [0.15, 0.2) is 24.3 Å². The smallest absolute Gasteiger partial charge is 0.224 e. The van der Waals surface area contributed by atoms with E-state index >= 15 is 0 Å². The summed E-state index contributed by atoms with van der Waals surface area (Å²) in [5.41, 5.74) is 7.29. The molecule has 1 amide bonds. The fourth-order valence-electron chi connectivity index (χ4n) is 2.43. The zero-order chi connectivity index (χ0) is 13.0. The molecular formula is C14H20N2O2. The van der Waals surface area contributed by atoms with Gasteiger partial charge >= 0.3 is 0 Å². The molecule has 0 bridgehead atoms. The van der Waals surface area contributed by atoms with Gasteiger partial charge in [-0.1, -0.05) is 24.6 Å². The van der Waals surface area contributed by atoms with Crippen molar-refractivity contribution in [2.45, 2.75) is 31.8 Å². The second kappa shape index (κ2) is 5.87. The Morgan fingerprint density at radius 2 is 2.17 bits per heavy atom. The molecule has 18 heavy (non-hydrogen) atoms. The highest BCUT2D eigenvalue weighted by Gasteiger charge is 2.25. The van der Waals surface area contributed by atoms with Crippen molar-refractivity contribution in [1.29, 1.82) is 0 Å². The van der Waals surface area contributed by atoms with Crippen molar-refractivity contribution in [1.82, 2.24) is 5.32 Å². The number of rotatable bonds is 4.